The molecule has 0 bridgehead atoms. The number of hydrogen-bond acceptors (Lipinski definition) is 5. The molecule has 1 aromatic heterocycles. The molecular weight excluding hydrogens is 348 g/mol. The van der Waals surface area contributed by atoms with Gasteiger partial charge in [0.2, 0.25) is 0 Å². The summed E-state index contributed by atoms with van der Waals surface area (Å²) in [6.45, 7) is 5.51. The molecule has 0 saturated heterocycles. The van der Waals surface area contributed by atoms with Crippen LogP contribution in [0.25, 0.3) is 0 Å². The number of fused-ring (bicyclic) bond motifs is 1. The molecule has 0 radical (unpaired) electrons. The van der Waals surface area contributed by atoms with Crippen LogP contribution in [0.3, 0.4) is 0 Å². The van der Waals surface area contributed by atoms with Crippen molar-refractivity contribution in [2.24, 2.45) is 0 Å². The average Bonchev–Trinajstić information content (AvgIpc) is 3.06. The average molecular weight is 375 g/mol. The van der Waals surface area contributed by atoms with E-state index in [-0.39, 0.29) is 5.91 Å². The molecule has 1 aliphatic carbocycles. The van der Waals surface area contributed by atoms with E-state index in [2.05, 4.69) is 5.32 Å². The van der Waals surface area contributed by atoms with Gasteiger partial charge >= 0.3 is 0 Å². The van der Waals surface area contributed by atoms with Crippen molar-refractivity contribution in [1.29, 1.82) is 0 Å². The van der Waals surface area contributed by atoms with E-state index in [0.29, 0.717) is 36.8 Å². The number of aryl methyl sites for hydroxylation is 2. The Morgan fingerprint density at radius 2 is 1.92 bits per heavy atom. The van der Waals surface area contributed by atoms with Gasteiger partial charge in [0.1, 0.15) is 0 Å². The number of nitrogens with one attached hydrogen (secondary N) is 1. The topological polar surface area (TPSA) is 60.5 Å². The van der Waals surface area contributed by atoms with Crippen LogP contribution in [0.15, 0.2) is 18.2 Å². The largest absolute Gasteiger partial charge is 0.490 e. The van der Waals surface area contributed by atoms with Gasteiger partial charge in [0, 0.05) is 23.4 Å². The maximum absolute atomic E-state index is 12.4. The van der Waals surface area contributed by atoms with Crippen LogP contribution in [0.1, 0.15) is 52.6 Å². The molecule has 140 valence electrons. The SMILES string of the molecule is CCOc1ccc(C(=O)NCCc2nc3c(s2)CCCC3)cc1OCC. The minimum atomic E-state index is -0.102. The van der Waals surface area contributed by atoms with E-state index in [9.17, 15) is 4.79 Å². The van der Waals surface area contributed by atoms with Crippen LogP contribution in [0.5, 0.6) is 11.5 Å². The van der Waals surface area contributed by atoms with Gasteiger partial charge in [-0.05, 0) is 57.7 Å². The Labute approximate surface area is 158 Å². The Morgan fingerprint density at radius 3 is 2.69 bits per heavy atom. The fraction of sp³-hybridized carbons (Fsp3) is 0.500. The van der Waals surface area contributed by atoms with Gasteiger partial charge in [-0.2, -0.15) is 0 Å². The van der Waals surface area contributed by atoms with Crippen LogP contribution in [0.2, 0.25) is 0 Å². The molecule has 0 atom stereocenters. The zero-order chi connectivity index (χ0) is 18.4. The van der Waals surface area contributed by atoms with Gasteiger partial charge in [-0.1, -0.05) is 0 Å². The molecule has 5 nitrogen and oxygen atoms in total. The molecule has 26 heavy (non-hydrogen) atoms. The number of amides is 1. The fourth-order valence-electron chi connectivity index (χ4n) is 3.09. The van der Waals surface area contributed by atoms with Crippen molar-refractivity contribution in [3.63, 3.8) is 0 Å². The number of thiazole rings is 1. The number of benzene rings is 1. The molecule has 1 aromatic carbocycles. The molecule has 0 spiro atoms. The third-order valence-corrected chi connectivity index (χ3v) is 5.54. The van der Waals surface area contributed by atoms with Gasteiger partial charge in [-0.25, -0.2) is 4.98 Å². The lowest BCUT2D eigenvalue weighted by atomic mass is 10.0. The van der Waals surface area contributed by atoms with Crippen LogP contribution in [0, 0.1) is 0 Å². The van der Waals surface area contributed by atoms with E-state index >= 15 is 0 Å². The summed E-state index contributed by atoms with van der Waals surface area (Å²) >= 11 is 1.80. The second kappa shape index (κ2) is 9.03. The number of rotatable bonds is 8. The van der Waals surface area contributed by atoms with Gasteiger partial charge in [0.15, 0.2) is 11.5 Å². The summed E-state index contributed by atoms with van der Waals surface area (Å²) in [6.07, 6.45) is 5.55. The molecule has 1 amide bonds. The first-order valence-corrected chi connectivity index (χ1v) is 10.2. The number of nitrogens with zero attached hydrogens (tertiary/aromatic N) is 1. The van der Waals surface area contributed by atoms with Crippen LogP contribution in [0.4, 0.5) is 0 Å². The van der Waals surface area contributed by atoms with Gasteiger partial charge in [-0.15, -0.1) is 11.3 Å². The molecule has 1 heterocycles. The first-order valence-electron chi connectivity index (χ1n) is 9.36. The summed E-state index contributed by atoms with van der Waals surface area (Å²) in [5.41, 5.74) is 1.85. The predicted octanol–water partition coefficient (Wildman–Crippen LogP) is 3.79. The fourth-order valence-corrected chi connectivity index (χ4v) is 4.25. The number of hydrogen-bond donors (Lipinski definition) is 1. The van der Waals surface area contributed by atoms with Crippen molar-refractivity contribution < 1.29 is 14.3 Å². The maximum Gasteiger partial charge on any atom is 0.251 e. The Hall–Kier alpha value is -2.08. The number of carbonyl (C=O) groups excluding carboxylic acids is 1. The Balaban J connectivity index is 1.57. The van der Waals surface area contributed by atoms with Gasteiger partial charge < -0.3 is 14.8 Å². The summed E-state index contributed by atoms with van der Waals surface area (Å²) < 4.78 is 11.1. The standard InChI is InChI=1S/C20H26N2O3S/c1-3-24-16-10-9-14(13-17(16)25-4-2)20(23)21-12-11-19-22-15-7-5-6-8-18(15)26-19/h9-10,13H,3-8,11-12H2,1-2H3,(H,21,23). The Kier molecular flexibility index (Phi) is 6.50. The number of aromatic nitrogens is 1. The summed E-state index contributed by atoms with van der Waals surface area (Å²) in [6, 6.07) is 5.30. The van der Waals surface area contributed by atoms with E-state index in [0.717, 1.165) is 24.3 Å². The first-order chi connectivity index (χ1) is 12.7. The van der Waals surface area contributed by atoms with E-state index in [1.54, 1.807) is 29.5 Å². The maximum atomic E-state index is 12.4. The first kappa shape index (κ1) is 18.7. The summed E-state index contributed by atoms with van der Waals surface area (Å²) in [5.74, 6) is 1.17. The van der Waals surface area contributed by atoms with Gasteiger partial charge in [0.25, 0.3) is 5.91 Å². The molecule has 0 unspecified atom stereocenters. The van der Waals surface area contributed by atoms with Crippen LogP contribution < -0.4 is 14.8 Å². The second-order valence-electron chi connectivity index (χ2n) is 6.22. The molecule has 1 N–H and O–H groups in total. The highest BCUT2D eigenvalue weighted by molar-refractivity contribution is 7.11. The molecule has 3 rings (SSSR count). The zero-order valence-corrected chi connectivity index (χ0v) is 16.3. The zero-order valence-electron chi connectivity index (χ0n) is 15.5. The molecule has 6 heteroatoms. The highest BCUT2D eigenvalue weighted by Gasteiger charge is 2.15. The van der Waals surface area contributed by atoms with Crippen molar-refractivity contribution in [2.75, 3.05) is 19.8 Å². The molecule has 0 saturated carbocycles. The normalized spacial score (nSPS) is 13.2. The van der Waals surface area contributed by atoms with E-state index in [4.69, 9.17) is 14.5 Å². The Bertz CT molecular complexity index is 734. The van der Waals surface area contributed by atoms with Gasteiger partial charge in [0.05, 0.1) is 23.9 Å². The van der Waals surface area contributed by atoms with E-state index in [1.807, 2.05) is 13.8 Å². The quantitative estimate of drug-likeness (QED) is 0.764. The summed E-state index contributed by atoms with van der Waals surface area (Å²) in [5, 5.41) is 4.10. The lowest BCUT2D eigenvalue weighted by Crippen LogP contribution is -2.25. The number of carbonyl (C=O) groups is 1. The minimum Gasteiger partial charge on any atom is -0.490 e. The van der Waals surface area contributed by atoms with Crippen molar-refractivity contribution >= 4 is 17.2 Å². The molecule has 2 aromatic rings. The van der Waals surface area contributed by atoms with E-state index < -0.39 is 0 Å². The summed E-state index contributed by atoms with van der Waals surface area (Å²) in [4.78, 5) is 18.6. The number of ether oxygens (including phenoxy) is 2. The molecule has 0 aliphatic heterocycles. The van der Waals surface area contributed by atoms with Crippen LogP contribution >= 0.6 is 11.3 Å². The summed E-state index contributed by atoms with van der Waals surface area (Å²) in [7, 11) is 0. The lowest BCUT2D eigenvalue weighted by Gasteiger charge is -2.12. The highest BCUT2D eigenvalue weighted by atomic mass is 32.1. The van der Waals surface area contributed by atoms with E-state index in [1.165, 1.54) is 23.4 Å². The monoisotopic (exact) mass is 374 g/mol. The minimum absolute atomic E-state index is 0.102. The van der Waals surface area contributed by atoms with Crippen molar-refractivity contribution in [2.45, 2.75) is 46.0 Å². The van der Waals surface area contributed by atoms with Crippen molar-refractivity contribution in [3.8, 4) is 11.5 Å². The predicted molar refractivity (Wildman–Crippen MR) is 104 cm³/mol. The Morgan fingerprint density at radius 1 is 1.15 bits per heavy atom. The smallest absolute Gasteiger partial charge is 0.251 e. The third kappa shape index (κ3) is 4.55. The van der Waals surface area contributed by atoms with Crippen LogP contribution in [-0.2, 0) is 19.3 Å². The molecule has 0 fully saturated rings. The molecular formula is C20H26N2O3S. The third-order valence-electron chi connectivity index (χ3n) is 4.32. The highest BCUT2D eigenvalue weighted by Crippen LogP contribution is 2.29. The van der Waals surface area contributed by atoms with Crippen molar-refractivity contribution in [1.82, 2.24) is 10.3 Å². The van der Waals surface area contributed by atoms with Crippen molar-refractivity contribution in [3.05, 3.63) is 39.3 Å². The van der Waals surface area contributed by atoms with Crippen LogP contribution in [-0.4, -0.2) is 30.6 Å². The van der Waals surface area contributed by atoms with Gasteiger partial charge in [-0.3, -0.25) is 4.79 Å². The second-order valence-corrected chi connectivity index (χ2v) is 7.39. The lowest BCUT2D eigenvalue weighted by molar-refractivity contribution is 0.0953. The molecule has 1 aliphatic rings.